The van der Waals surface area contributed by atoms with Gasteiger partial charge in [-0.3, -0.25) is 0 Å². The van der Waals surface area contributed by atoms with Crippen LogP contribution >= 0.6 is 11.6 Å². The lowest BCUT2D eigenvalue weighted by molar-refractivity contribution is 0.0909. The van der Waals surface area contributed by atoms with Gasteiger partial charge < -0.3 is 15.0 Å². The largest absolute Gasteiger partial charge is 0.392 e. The van der Waals surface area contributed by atoms with Gasteiger partial charge in [-0.15, -0.1) is 0 Å². The number of fused-ring (bicyclic) bond motifs is 1. The van der Waals surface area contributed by atoms with Crippen LogP contribution in [0.15, 0.2) is 24.5 Å². The second-order valence-corrected chi connectivity index (χ2v) is 5.92. The fraction of sp³-hybridized carbons (Fsp3) is 0.562. The molecule has 0 amide bonds. The predicted octanol–water partition coefficient (Wildman–Crippen LogP) is 3.22. The molecule has 2 aromatic rings. The van der Waals surface area contributed by atoms with Crippen LogP contribution in [-0.4, -0.2) is 33.3 Å². The highest BCUT2D eigenvalue weighted by molar-refractivity contribution is 6.31. The van der Waals surface area contributed by atoms with Crippen LogP contribution in [-0.2, 0) is 6.54 Å². The lowest BCUT2D eigenvalue weighted by atomic mass is 9.97. The van der Waals surface area contributed by atoms with Crippen LogP contribution in [0, 0.1) is 0 Å². The number of piperidine rings is 1. The second kappa shape index (κ2) is 7.25. The fourth-order valence-corrected chi connectivity index (χ4v) is 3.09. The summed E-state index contributed by atoms with van der Waals surface area (Å²) in [6.07, 6.45) is 5.67. The van der Waals surface area contributed by atoms with Gasteiger partial charge in [0.2, 0.25) is 0 Å². The summed E-state index contributed by atoms with van der Waals surface area (Å²) in [5.41, 5.74) is 2.06. The Balaban J connectivity index is 0.00000161. The minimum absolute atomic E-state index is 0. The average molecular weight is 310 g/mol. The number of nitrogens with zero attached hydrogens (tertiary/aromatic N) is 2. The summed E-state index contributed by atoms with van der Waals surface area (Å²) in [5, 5.41) is 14.1. The summed E-state index contributed by atoms with van der Waals surface area (Å²) < 4.78 is 2.14. The first-order valence-corrected chi connectivity index (χ1v) is 7.64. The summed E-state index contributed by atoms with van der Waals surface area (Å²) in [6, 6.07) is 6.00. The van der Waals surface area contributed by atoms with Crippen LogP contribution in [0.2, 0.25) is 5.02 Å². The molecule has 0 saturated carbocycles. The third-order valence-corrected chi connectivity index (χ3v) is 4.28. The van der Waals surface area contributed by atoms with Crippen molar-refractivity contribution in [2.75, 3.05) is 6.54 Å². The molecular formula is C16H24ClN3O. The third-order valence-electron chi connectivity index (χ3n) is 4.04. The summed E-state index contributed by atoms with van der Waals surface area (Å²) in [4.78, 5) is 4.38. The van der Waals surface area contributed by atoms with Gasteiger partial charge in [-0.05, 0) is 50.4 Å². The van der Waals surface area contributed by atoms with Crippen LogP contribution in [0.3, 0.4) is 0 Å². The lowest BCUT2D eigenvalue weighted by Crippen LogP contribution is -2.44. The van der Waals surface area contributed by atoms with Crippen molar-refractivity contribution in [3.63, 3.8) is 0 Å². The zero-order valence-corrected chi connectivity index (χ0v) is 12.2. The fourth-order valence-electron chi connectivity index (χ4n) is 2.92. The van der Waals surface area contributed by atoms with Crippen LogP contribution < -0.4 is 5.32 Å². The molecule has 0 aliphatic carbocycles. The number of aryl methyl sites for hydroxylation is 1. The molecule has 1 aliphatic rings. The number of halogens is 1. The minimum atomic E-state index is -0.197. The predicted molar refractivity (Wildman–Crippen MR) is 87.7 cm³/mol. The first kappa shape index (κ1) is 16.3. The molecule has 1 aromatic carbocycles. The van der Waals surface area contributed by atoms with Crippen molar-refractivity contribution in [2.45, 2.75) is 51.8 Å². The van der Waals surface area contributed by atoms with Crippen molar-refractivity contribution in [2.24, 2.45) is 0 Å². The molecule has 1 saturated heterocycles. The minimum Gasteiger partial charge on any atom is -0.392 e. The maximum Gasteiger partial charge on any atom is 0.0958 e. The van der Waals surface area contributed by atoms with Crippen molar-refractivity contribution in [3.05, 3.63) is 29.5 Å². The molecule has 116 valence electrons. The number of aliphatic hydroxyl groups is 1. The van der Waals surface area contributed by atoms with E-state index in [1.165, 1.54) is 0 Å². The Morgan fingerprint density at radius 3 is 3.10 bits per heavy atom. The van der Waals surface area contributed by atoms with Gasteiger partial charge in [-0.1, -0.05) is 19.0 Å². The normalized spacial score (nSPS) is 22.2. The molecule has 1 aliphatic heterocycles. The monoisotopic (exact) mass is 309 g/mol. The van der Waals surface area contributed by atoms with E-state index in [2.05, 4.69) is 14.9 Å². The van der Waals surface area contributed by atoms with Gasteiger partial charge >= 0.3 is 0 Å². The first-order chi connectivity index (χ1) is 9.74. The van der Waals surface area contributed by atoms with Crippen LogP contribution in [0.25, 0.3) is 11.0 Å². The second-order valence-electron chi connectivity index (χ2n) is 5.48. The summed E-state index contributed by atoms with van der Waals surface area (Å²) in [6.45, 7) is 1.92. The SMILES string of the molecule is C.O[C@H]1CCCN[C@@H]1CCCn1cnc2ccc(Cl)cc21. The van der Waals surface area contributed by atoms with E-state index >= 15 is 0 Å². The van der Waals surface area contributed by atoms with E-state index in [0.29, 0.717) is 0 Å². The number of hydrogen-bond acceptors (Lipinski definition) is 3. The molecule has 2 atom stereocenters. The Kier molecular flexibility index (Phi) is 5.62. The van der Waals surface area contributed by atoms with Gasteiger partial charge in [0.15, 0.2) is 0 Å². The van der Waals surface area contributed by atoms with E-state index in [4.69, 9.17) is 11.6 Å². The molecule has 2 heterocycles. The highest BCUT2D eigenvalue weighted by Gasteiger charge is 2.21. The molecule has 0 unspecified atom stereocenters. The van der Waals surface area contributed by atoms with Crippen molar-refractivity contribution < 1.29 is 5.11 Å². The lowest BCUT2D eigenvalue weighted by Gasteiger charge is -2.29. The van der Waals surface area contributed by atoms with E-state index in [1.807, 2.05) is 24.5 Å². The molecule has 3 rings (SSSR count). The number of imidazole rings is 1. The smallest absolute Gasteiger partial charge is 0.0958 e. The Hall–Kier alpha value is -1.10. The quantitative estimate of drug-likeness (QED) is 0.911. The molecular weight excluding hydrogens is 286 g/mol. The maximum atomic E-state index is 9.94. The average Bonchev–Trinajstić information content (AvgIpc) is 2.83. The number of aliphatic hydroxyl groups excluding tert-OH is 1. The highest BCUT2D eigenvalue weighted by atomic mass is 35.5. The van der Waals surface area contributed by atoms with Gasteiger partial charge in [0, 0.05) is 17.6 Å². The number of nitrogens with one attached hydrogen (secondary N) is 1. The zero-order valence-electron chi connectivity index (χ0n) is 11.4. The van der Waals surface area contributed by atoms with Gasteiger partial charge in [0.25, 0.3) is 0 Å². The first-order valence-electron chi connectivity index (χ1n) is 7.26. The molecule has 0 bridgehead atoms. The van der Waals surface area contributed by atoms with E-state index in [9.17, 15) is 5.11 Å². The van der Waals surface area contributed by atoms with E-state index in [1.54, 1.807) is 0 Å². The Morgan fingerprint density at radius 1 is 1.43 bits per heavy atom. The van der Waals surface area contributed by atoms with Crippen molar-refractivity contribution in [3.8, 4) is 0 Å². The Bertz CT molecular complexity index is 584. The van der Waals surface area contributed by atoms with Gasteiger partial charge in [0.1, 0.15) is 0 Å². The topological polar surface area (TPSA) is 50.1 Å². The number of benzene rings is 1. The van der Waals surface area contributed by atoms with Crippen LogP contribution in [0.4, 0.5) is 0 Å². The molecule has 4 nitrogen and oxygen atoms in total. The molecule has 0 spiro atoms. The Labute approximate surface area is 131 Å². The van der Waals surface area contributed by atoms with Crippen molar-refractivity contribution in [1.82, 2.24) is 14.9 Å². The Morgan fingerprint density at radius 2 is 2.29 bits per heavy atom. The molecule has 1 fully saturated rings. The van der Waals surface area contributed by atoms with Gasteiger partial charge in [-0.2, -0.15) is 0 Å². The van der Waals surface area contributed by atoms with E-state index < -0.39 is 0 Å². The van der Waals surface area contributed by atoms with Crippen molar-refractivity contribution in [1.29, 1.82) is 0 Å². The van der Waals surface area contributed by atoms with E-state index in [-0.39, 0.29) is 19.6 Å². The third kappa shape index (κ3) is 3.76. The standard InChI is InChI=1S/C15H20ClN3O.CH4/c16-11-5-6-12-14(9-11)19(10-18-12)8-2-3-13-15(20)4-1-7-17-13;/h5-6,9-10,13,15,17,20H,1-4,7-8H2;1H4/t13-,15+;/m1./s1. The highest BCUT2D eigenvalue weighted by Crippen LogP contribution is 2.19. The molecule has 2 N–H and O–H groups in total. The van der Waals surface area contributed by atoms with E-state index in [0.717, 1.165) is 54.8 Å². The molecule has 0 radical (unpaired) electrons. The molecule has 21 heavy (non-hydrogen) atoms. The summed E-state index contributed by atoms with van der Waals surface area (Å²) in [7, 11) is 0. The molecule has 1 aromatic heterocycles. The summed E-state index contributed by atoms with van der Waals surface area (Å²) >= 11 is 6.04. The van der Waals surface area contributed by atoms with Gasteiger partial charge in [0.05, 0.1) is 23.5 Å². The van der Waals surface area contributed by atoms with Crippen LogP contribution in [0.5, 0.6) is 0 Å². The van der Waals surface area contributed by atoms with Gasteiger partial charge in [-0.25, -0.2) is 4.98 Å². The number of hydrogen-bond donors (Lipinski definition) is 2. The summed E-state index contributed by atoms with van der Waals surface area (Å²) in [5.74, 6) is 0. The van der Waals surface area contributed by atoms with Crippen LogP contribution in [0.1, 0.15) is 33.1 Å². The maximum absolute atomic E-state index is 9.94. The number of rotatable bonds is 4. The van der Waals surface area contributed by atoms with Crippen molar-refractivity contribution >= 4 is 22.6 Å². The molecule has 5 heteroatoms. The zero-order chi connectivity index (χ0) is 13.9. The number of aromatic nitrogens is 2.